The van der Waals surface area contributed by atoms with Crippen LogP contribution in [0.25, 0.3) is 0 Å². The molecule has 2 rings (SSSR count). The summed E-state index contributed by atoms with van der Waals surface area (Å²) >= 11 is 7.34. The second-order valence-corrected chi connectivity index (χ2v) is 5.84. The molecule has 1 N–H and O–H groups in total. The second-order valence-electron chi connectivity index (χ2n) is 4.09. The first kappa shape index (κ1) is 11.3. The number of rotatable bonds is 3. The van der Waals surface area contributed by atoms with Gasteiger partial charge in [0.05, 0.1) is 12.3 Å². The van der Waals surface area contributed by atoms with Crippen LogP contribution in [0, 0.1) is 0 Å². The molecule has 0 aliphatic carbocycles. The summed E-state index contributed by atoms with van der Waals surface area (Å²) < 4.78 is 6.30. The van der Waals surface area contributed by atoms with Crippen molar-refractivity contribution in [2.45, 2.75) is 38.5 Å². The molecule has 0 radical (unpaired) electrons. The molecule has 2 atom stereocenters. The molecule has 1 aliphatic heterocycles. The van der Waals surface area contributed by atoms with Gasteiger partial charge in [0.25, 0.3) is 0 Å². The lowest BCUT2D eigenvalue weighted by Gasteiger charge is -2.28. The van der Waals surface area contributed by atoms with Crippen molar-refractivity contribution in [1.82, 2.24) is 10.3 Å². The molecule has 1 aromatic rings. The molecule has 1 saturated heterocycles. The maximum absolute atomic E-state index is 5.82. The van der Waals surface area contributed by atoms with Crippen LogP contribution in [-0.2, 0) is 11.3 Å². The Morgan fingerprint density at radius 3 is 3.13 bits per heavy atom. The standard InChI is InChI=1S/C10H15ClN2OS/c1-7-10(2,3-4-14-7)13-6-9-12-5-8(11)15-9/h5,7,13H,3-4,6H2,1-2H3. The van der Waals surface area contributed by atoms with Gasteiger partial charge in [-0.25, -0.2) is 4.98 Å². The summed E-state index contributed by atoms with van der Waals surface area (Å²) in [5.74, 6) is 0. The van der Waals surface area contributed by atoms with Gasteiger partial charge in [-0.15, -0.1) is 11.3 Å². The van der Waals surface area contributed by atoms with E-state index in [0.29, 0.717) is 0 Å². The maximum atomic E-state index is 5.82. The van der Waals surface area contributed by atoms with Crippen molar-refractivity contribution in [2.75, 3.05) is 6.61 Å². The maximum Gasteiger partial charge on any atom is 0.113 e. The van der Waals surface area contributed by atoms with Gasteiger partial charge in [-0.1, -0.05) is 11.6 Å². The molecule has 2 heterocycles. The van der Waals surface area contributed by atoms with Crippen LogP contribution in [0.4, 0.5) is 0 Å². The first-order valence-electron chi connectivity index (χ1n) is 5.07. The average Bonchev–Trinajstić information content (AvgIpc) is 2.73. The quantitative estimate of drug-likeness (QED) is 0.890. The van der Waals surface area contributed by atoms with Crippen LogP contribution in [0.3, 0.4) is 0 Å². The third-order valence-electron chi connectivity index (χ3n) is 3.06. The number of hydrogen-bond acceptors (Lipinski definition) is 4. The molecule has 1 fully saturated rings. The van der Waals surface area contributed by atoms with Crippen LogP contribution in [0.5, 0.6) is 0 Å². The van der Waals surface area contributed by atoms with Crippen molar-refractivity contribution in [3.63, 3.8) is 0 Å². The Labute approximate surface area is 98.8 Å². The highest BCUT2D eigenvalue weighted by Crippen LogP contribution is 2.26. The molecule has 0 saturated carbocycles. The van der Waals surface area contributed by atoms with Crippen LogP contribution in [0.1, 0.15) is 25.3 Å². The van der Waals surface area contributed by atoms with Gasteiger partial charge in [-0.2, -0.15) is 0 Å². The van der Waals surface area contributed by atoms with E-state index in [9.17, 15) is 0 Å². The fourth-order valence-corrected chi connectivity index (χ4v) is 2.61. The van der Waals surface area contributed by atoms with Crippen molar-refractivity contribution in [3.8, 4) is 0 Å². The van der Waals surface area contributed by atoms with Gasteiger partial charge in [0.15, 0.2) is 0 Å². The number of aromatic nitrogens is 1. The molecule has 0 aromatic carbocycles. The summed E-state index contributed by atoms with van der Waals surface area (Å²) in [5, 5.41) is 4.53. The van der Waals surface area contributed by atoms with Gasteiger partial charge in [-0.3, -0.25) is 0 Å². The minimum Gasteiger partial charge on any atom is -0.377 e. The Hall–Kier alpha value is -0.160. The molecule has 2 unspecified atom stereocenters. The zero-order valence-electron chi connectivity index (χ0n) is 8.92. The Bertz CT molecular complexity index is 344. The Morgan fingerprint density at radius 2 is 2.60 bits per heavy atom. The normalized spacial score (nSPS) is 31.0. The molecule has 0 spiro atoms. The minimum absolute atomic E-state index is 0.0676. The van der Waals surface area contributed by atoms with Crippen LogP contribution >= 0.6 is 22.9 Å². The molecule has 1 aliphatic rings. The Morgan fingerprint density at radius 1 is 1.80 bits per heavy atom. The third-order valence-corrected chi connectivity index (χ3v) is 4.17. The molecular formula is C10H15ClN2OS. The van der Waals surface area contributed by atoms with Gasteiger partial charge in [0.1, 0.15) is 9.34 Å². The van der Waals surface area contributed by atoms with Gasteiger partial charge in [-0.05, 0) is 20.3 Å². The van der Waals surface area contributed by atoms with Gasteiger partial charge < -0.3 is 10.1 Å². The number of nitrogens with one attached hydrogen (secondary N) is 1. The highest BCUT2D eigenvalue weighted by molar-refractivity contribution is 7.15. The highest BCUT2D eigenvalue weighted by atomic mass is 35.5. The molecule has 5 heteroatoms. The van der Waals surface area contributed by atoms with Crippen LogP contribution in [-0.4, -0.2) is 23.2 Å². The fourth-order valence-electron chi connectivity index (χ4n) is 1.71. The summed E-state index contributed by atoms with van der Waals surface area (Å²) in [6.45, 7) is 5.90. The Balaban J connectivity index is 1.92. The number of halogens is 1. The molecule has 3 nitrogen and oxygen atoms in total. The molecule has 0 amide bonds. The second kappa shape index (κ2) is 4.37. The van der Waals surface area contributed by atoms with E-state index in [1.54, 1.807) is 6.20 Å². The van der Waals surface area contributed by atoms with Crippen molar-refractivity contribution in [2.24, 2.45) is 0 Å². The fraction of sp³-hybridized carbons (Fsp3) is 0.700. The lowest BCUT2D eigenvalue weighted by Crippen LogP contribution is -2.47. The van der Waals surface area contributed by atoms with Crippen molar-refractivity contribution in [1.29, 1.82) is 0 Å². The number of nitrogens with zero attached hydrogens (tertiary/aromatic N) is 1. The molecule has 0 bridgehead atoms. The number of ether oxygens (including phenoxy) is 1. The molecule has 84 valence electrons. The molecular weight excluding hydrogens is 232 g/mol. The van der Waals surface area contributed by atoms with E-state index >= 15 is 0 Å². The average molecular weight is 247 g/mol. The zero-order valence-corrected chi connectivity index (χ0v) is 10.5. The minimum atomic E-state index is 0.0676. The lowest BCUT2D eigenvalue weighted by atomic mass is 9.95. The Kier molecular flexibility index (Phi) is 3.30. The van der Waals surface area contributed by atoms with Crippen LogP contribution in [0.2, 0.25) is 4.34 Å². The van der Waals surface area contributed by atoms with E-state index in [1.165, 1.54) is 11.3 Å². The van der Waals surface area contributed by atoms with Gasteiger partial charge >= 0.3 is 0 Å². The van der Waals surface area contributed by atoms with Crippen LogP contribution in [0.15, 0.2) is 6.20 Å². The summed E-state index contributed by atoms with van der Waals surface area (Å²) in [6, 6.07) is 0. The summed E-state index contributed by atoms with van der Waals surface area (Å²) in [4.78, 5) is 4.22. The largest absolute Gasteiger partial charge is 0.377 e. The van der Waals surface area contributed by atoms with Gasteiger partial charge in [0, 0.05) is 18.7 Å². The first-order chi connectivity index (χ1) is 7.10. The summed E-state index contributed by atoms with van der Waals surface area (Å²) in [7, 11) is 0. The van der Waals surface area contributed by atoms with Crippen LogP contribution < -0.4 is 5.32 Å². The van der Waals surface area contributed by atoms with Crippen molar-refractivity contribution < 1.29 is 4.74 Å². The van der Waals surface area contributed by atoms with E-state index in [4.69, 9.17) is 16.3 Å². The predicted molar refractivity (Wildman–Crippen MR) is 62.4 cm³/mol. The molecule has 1 aromatic heterocycles. The lowest BCUT2D eigenvalue weighted by molar-refractivity contribution is 0.0881. The van der Waals surface area contributed by atoms with Crippen molar-refractivity contribution in [3.05, 3.63) is 15.5 Å². The highest BCUT2D eigenvalue weighted by Gasteiger charge is 2.36. The summed E-state index contributed by atoms with van der Waals surface area (Å²) in [6.07, 6.45) is 3.00. The topological polar surface area (TPSA) is 34.1 Å². The van der Waals surface area contributed by atoms with E-state index in [0.717, 1.165) is 28.9 Å². The van der Waals surface area contributed by atoms with Crippen molar-refractivity contribution >= 4 is 22.9 Å². The number of thiazole rings is 1. The summed E-state index contributed by atoms with van der Waals surface area (Å²) in [5.41, 5.74) is 0.0676. The smallest absolute Gasteiger partial charge is 0.113 e. The first-order valence-corrected chi connectivity index (χ1v) is 6.26. The zero-order chi connectivity index (χ0) is 10.9. The molecule has 15 heavy (non-hydrogen) atoms. The van der Waals surface area contributed by atoms with Gasteiger partial charge in [0.2, 0.25) is 0 Å². The predicted octanol–water partition coefficient (Wildman–Crippen LogP) is 2.45. The van der Waals surface area contributed by atoms with E-state index in [1.807, 2.05) is 0 Å². The van der Waals surface area contributed by atoms with E-state index < -0.39 is 0 Å². The monoisotopic (exact) mass is 246 g/mol. The SMILES string of the molecule is CC1OCCC1(C)NCc1ncc(Cl)s1. The van der Waals surface area contributed by atoms with E-state index in [2.05, 4.69) is 24.1 Å². The third kappa shape index (κ3) is 2.50. The van der Waals surface area contributed by atoms with E-state index in [-0.39, 0.29) is 11.6 Å². The number of hydrogen-bond donors (Lipinski definition) is 1.